The molecule has 0 spiro atoms. The van der Waals surface area contributed by atoms with Crippen molar-refractivity contribution >= 4 is 5.91 Å². The maximum atomic E-state index is 11.9. The summed E-state index contributed by atoms with van der Waals surface area (Å²) in [4.78, 5) is 15.8. The van der Waals surface area contributed by atoms with E-state index in [0.717, 1.165) is 12.0 Å². The lowest BCUT2D eigenvalue weighted by Gasteiger charge is -2.12. The van der Waals surface area contributed by atoms with Crippen LogP contribution in [0.4, 0.5) is 0 Å². The van der Waals surface area contributed by atoms with Gasteiger partial charge in [-0.15, -0.1) is 0 Å². The topological polar surface area (TPSA) is 68.0 Å². The molecule has 0 aliphatic heterocycles. The highest BCUT2D eigenvalue weighted by Gasteiger charge is 2.12. The van der Waals surface area contributed by atoms with Crippen molar-refractivity contribution in [1.29, 1.82) is 0 Å². The Bertz CT molecular complexity index is 528. The number of pyridine rings is 1. The number of carbonyl (C=O) groups is 1. The summed E-state index contributed by atoms with van der Waals surface area (Å²) in [5.41, 5.74) is 8.12. The summed E-state index contributed by atoms with van der Waals surface area (Å²) in [5.74, 6) is -0.113. The number of aryl methyl sites for hydroxylation is 1. The van der Waals surface area contributed by atoms with E-state index in [9.17, 15) is 4.79 Å². The second-order valence-corrected chi connectivity index (χ2v) is 4.70. The van der Waals surface area contributed by atoms with Gasteiger partial charge in [0.1, 0.15) is 0 Å². The quantitative estimate of drug-likeness (QED) is 0.838. The lowest BCUT2D eigenvalue weighted by Crippen LogP contribution is -2.40. The third-order valence-corrected chi connectivity index (χ3v) is 3.14. The average molecular weight is 269 g/mol. The zero-order chi connectivity index (χ0) is 14.2. The van der Waals surface area contributed by atoms with E-state index in [2.05, 4.69) is 10.3 Å². The second-order valence-electron chi connectivity index (χ2n) is 4.70. The smallest absolute Gasteiger partial charge is 0.237 e. The monoisotopic (exact) mass is 269 g/mol. The zero-order valence-corrected chi connectivity index (χ0v) is 11.3. The van der Waals surface area contributed by atoms with Crippen molar-refractivity contribution in [2.24, 2.45) is 5.73 Å². The SMILES string of the molecule is NC(CCc1ccccc1)C(=O)NCc1ccncc1. The fourth-order valence-electron chi connectivity index (χ4n) is 1.92. The third-order valence-electron chi connectivity index (χ3n) is 3.14. The minimum atomic E-state index is -0.475. The Kier molecular flexibility index (Phi) is 5.26. The molecule has 0 saturated carbocycles. The number of benzene rings is 1. The van der Waals surface area contributed by atoms with Crippen molar-refractivity contribution in [1.82, 2.24) is 10.3 Å². The number of rotatable bonds is 6. The number of hydrogen-bond acceptors (Lipinski definition) is 3. The Labute approximate surface area is 119 Å². The number of aromatic nitrogens is 1. The van der Waals surface area contributed by atoms with Gasteiger partial charge in [0, 0.05) is 18.9 Å². The molecule has 1 heterocycles. The Morgan fingerprint density at radius 3 is 2.50 bits per heavy atom. The molecule has 0 aliphatic carbocycles. The molecule has 0 bridgehead atoms. The van der Waals surface area contributed by atoms with Crippen LogP contribution in [0.15, 0.2) is 54.9 Å². The van der Waals surface area contributed by atoms with Crippen molar-refractivity contribution in [3.63, 3.8) is 0 Å². The van der Waals surface area contributed by atoms with Gasteiger partial charge >= 0.3 is 0 Å². The first-order valence-corrected chi connectivity index (χ1v) is 6.72. The van der Waals surface area contributed by atoms with Crippen LogP contribution in [-0.4, -0.2) is 16.9 Å². The normalized spacial score (nSPS) is 11.8. The molecule has 0 fully saturated rings. The predicted molar refractivity (Wildman–Crippen MR) is 78.8 cm³/mol. The molecule has 0 aliphatic rings. The van der Waals surface area contributed by atoms with Crippen LogP contribution in [0.1, 0.15) is 17.5 Å². The van der Waals surface area contributed by atoms with Gasteiger partial charge in [-0.2, -0.15) is 0 Å². The van der Waals surface area contributed by atoms with Crippen molar-refractivity contribution in [3.8, 4) is 0 Å². The Hall–Kier alpha value is -2.20. The van der Waals surface area contributed by atoms with Gasteiger partial charge in [0.2, 0.25) is 5.91 Å². The van der Waals surface area contributed by atoms with Gasteiger partial charge < -0.3 is 11.1 Å². The molecular formula is C16H19N3O. The Morgan fingerprint density at radius 1 is 1.10 bits per heavy atom. The van der Waals surface area contributed by atoms with Gasteiger partial charge in [-0.1, -0.05) is 30.3 Å². The van der Waals surface area contributed by atoms with Crippen molar-refractivity contribution in [2.45, 2.75) is 25.4 Å². The van der Waals surface area contributed by atoms with E-state index in [1.165, 1.54) is 5.56 Å². The summed E-state index contributed by atoms with van der Waals surface area (Å²) in [6.07, 6.45) is 4.87. The molecule has 1 atom stereocenters. The minimum Gasteiger partial charge on any atom is -0.351 e. The lowest BCUT2D eigenvalue weighted by molar-refractivity contribution is -0.122. The van der Waals surface area contributed by atoms with Crippen LogP contribution in [0.2, 0.25) is 0 Å². The minimum absolute atomic E-state index is 0.113. The molecule has 0 saturated heterocycles. The van der Waals surface area contributed by atoms with Crippen LogP contribution in [0, 0.1) is 0 Å². The largest absolute Gasteiger partial charge is 0.351 e. The van der Waals surface area contributed by atoms with Gasteiger partial charge in [0.15, 0.2) is 0 Å². The number of nitrogens with zero attached hydrogens (tertiary/aromatic N) is 1. The standard InChI is InChI=1S/C16H19N3O/c17-15(7-6-13-4-2-1-3-5-13)16(20)19-12-14-8-10-18-11-9-14/h1-5,8-11,15H,6-7,12,17H2,(H,19,20). The zero-order valence-electron chi connectivity index (χ0n) is 11.3. The van der Waals surface area contributed by atoms with Gasteiger partial charge in [-0.05, 0) is 36.1 Å². The van der Waals surface area contributed by atoms with Crippen LogP contribution in [0.3, 0.4) is 0 Å². The maximum Gasteiger partial charge on any atom is 0.237 e. The van der Waals surface area contributed by atoms with E-state index in [-0.39, 0.29) is 5.91 Å². The molecule has 4 heteroatoms. The molecule has 1 unspecified atom stereocenters. The molecule has 1 amide bonds. The summed E-state index contributed by atoms with van der Waals surface area (Å²) < 4.78 is 0. The van der Waals surface area contributed by atoms with Gasteiger partial charge in [-0.25, -0.2) is 0 Å². The number of carbonyl (C=O) groups excluding carboxylic acids is 1. The maximum absolute atomic E-state index is 11.9. The van der Waals surface area contributed by atoms with E-state index in [1.54, 1.807) is 12.4 Å². The lowest BCUT2D eigenvalue weighted by atomic mass is 10.1. The summed E-state index contributed by atoms with van der Waals surface area (Å²) in [6, 6.07) is 13.3. The van der Waals surface area contributed by atoms with E-state index in [4.69, 9.17) is 5.73 Å². The number of amides is 1. The molecule has 2 aromatic rings. The number of nitrogens with two attached hydrogens (primary N) is 1. The highest BCUT2D eigenvalue weighted by Crippen LogP contribution is 2.04. The highest BCUT2D eigenvalue weighted by atomic mass is 16.2. The van der Waals surface area contributed by atoms with E-state index < -0.39 is 6.04 Å². The van der Waals surface area contributed by atoms with Crippen LogP contribution in [0.25, 0.3) is 0 Å². The van der Waals surface area contributed by atoms with Gasteiger partial charge in [0.25, 0.3) is 0 Å². The van der Waals surface area contributed by atoms with E-state index in [1.807, 2.05) is 42.5 Å². The Balaban J connectivity index is 1.75. The van der Waals surface area contributed by atoms with Crippen LogP contribution >= 0.6 is 0 Å². The molecule has 1 aromatic carbocycles. The highest BCUT2D eigenvalue weighted by molar-refractivity contribution is 5.81. The molecule has 1 aromatic heterocycles. The first kappa shape index (κ1) is 14.2. The van der Waals surface area contributed by atoms with Crippen molar-refractivity contribution in [2.75, 3.05) is 0 Å². The summed E-state index contributed by atoms with van der Waals surface area (Å²) >= 11 is 0. The van der Waals surface area contributed by atoms with Crippen molar-refractivity contribution < 1.29 is 4.79 Å². The molecule has 0 radical (unpaired) electrons. The summed E-state index contributed by atoms with van der Waals surface area (Å²) in [7, 11) is 0. The van der Waals surface area contributed by atoms with Gasteiger partial charge in [0.05, 0.1) is 6.04 Å². The molecular weight excluding hydrogens is 250 g/mol. The molecule has 3 N–H and O–H groups in total. The predicted octanol–water partition coefficient (Wildman–Crippen LogP) is 1.66. The summed E-state index contributed by atoms with van der Waals surface area (Å²) in [6.45, 7) is 0.486. The van der Waals surface area contributed by atoms with Crippen LogP contribution in [-0.2, 0) is 17.8 Å². The first-order valence-electron chi connectivity index (χ1n) is 6.72. The fraction of sp³-hybridized carbons (Fsp3) is 0.250. The average Bonchev–Trinajstić information content (AvgIpc) is 2.52. The molecule has 2 rings (SSSR count). The van der Waals surface area contributed by atoms with Gasteiger partial charge in [-0.3, -0.25) is 9.78 Å². The first-order chi connectivity index (χ1) is 9.75. The van der Waals surface area contributed by atoms with E-state index >= 15 is 0 Å². The third kappa shape index (κ3) is 4.48. The van der Waals surface area contributed by atoms with Crippen LogP contribution in [0.5, 0.6) is 0 Å². The fourth-order valence-corrected chi connectivity index (χ4v) is 1.92. The molecule has 104 valence electrons. The Morgan fingerprint density at radius 2 is 1.80 bits per heavy atom. The van der Waals surface area contributed by atoms with Crippen LogP contribution < -0.4 is 11.1 Å². The molecule has 20 heavy (non-hydrogen) atoms. The van der Waals surface area contributed by atoms with E-state index in [0.29, 0.717) is 13.0 Å². The number of nitrogens with one attached hydrogen (secondary N) is 1. The summed E-state index contributed by atoms with van der Waals surface area (Å²) in [5, 5.41) is 2.84. The second kappa shape index (κ2) is 7.40. The van der Waals surface area contributed by atoms with Crippen molar-refractivity contribution in [3.05, 3.63) is 66.0 Å². The number of hydrogen-bond donors (Lipinski definition) is 2. The molecule has 4 nitrogen and oxygen atoms in total.